The molecule has 1 aliphatic carbocycles. The molecular weight excluding hydrogens is 425 g/mol. The third-order valence-corrected chi connectivity index (χ3v) is 6.25. The lowest BCUT2D eigenvalue weighted by Gasteiger charge is -2.20. The van der Waals surface area contributed by atoms with Gasteiger partial charge in [0, 0.05) is 16.9 Å². The molecule has 2 aromatic carbocycles. The summed E-state index contributed by atoms with van der Waals surface area (Å²) >= 11 is 7.90. The highest BCUT2D eigenvalue weighted by Crippen LogP contribution is 2.56. The van der Waals surface area contributed by atoms with Gasteiger partial charge in [-0.15, -0.1) is 11.8 Å². The van der Waals surface area contributed by atoms with Crippen LogP contribution in [0.25, 0.3) is 11.1 Å². The molecule has 0 saturated heterocycles. The smallest absolute Gasteiger partial charge is 0.422 e. The van der Waals surface area contributed by atoms with Crippen LogP contribution in [-0.2, 0) is 4.79 Å². The van der Waals surface area contributed by atoms with Crippen molar-refractivity contribution in [3.8, 4) is 16.9 Å². The molecule has 0 aliphatic heterocycles. The van der Waals surface area contributed by atoms with E-state index >= 15 is 0 Å². The number of hydrogen-bond donors (Lipinski definition) is 1. The molecule has 0 heterocycles. The Hall–Kier alpha value is -1.86. The molecule has 0 radical (unpaired) electrons. The lowest BCUT2D eigenvalue weighted by Crippen LogP contribution is -2.19. The molecule has 2 atom stereocenters. The van der Waals surface area contributed by atoms with Gasteiger partial charge in [0.2, 0.25) is 0 Å². The molecule has 0 amide bonds. The van der Waals surface area contributed by atoms with E-state index < -0.39 is 18.8 Å². The monoisotopic (exact) mass is 444 g/mol. The maximum absolute atomic E-state index is 12.8. The molecule has 2 aromatic rings. The summed E-state index contributed by atoms with van der Waals surface area (Å²) < 4.78 is 43.5. The van der Waals surface area contributed by atoms with Gasteiger partial charge in [0.15, 0.2) is 6.61 Å². The number of hydrogen-bond acceptors (Lipinski definition) is 3. The number of carboxylic acid groups (broad SMARTS) is 1. The van der Waals surface area contributed by atoms with Gasteiger partial charge in [-0.25, -0.2) is 0 Å². The Labute approximate surface area is 176 Å². The second-order valence-electron chi connectivity index (χ2n) is 6.99. The Kier molecular flexibility index (Phi) is 6.69. The summed E-state index contributed by atoms with van der Waals surface area (Å²) in [6.07, 6.45) is -1.16. The highest BCUT2D eigenvalue weighted by molar-refractivity contribution is 7.98. The first-order valence-electron chi connectivity index (χ1n) is 9.08. The molecule has 2 unspecified atom stereocenters. The third-order valence-electron chi connectivity index (χ3n) is 4.93. The highest BCUT2D eigenvalue weighted by atomic mass is 35.5. The Bertz CT molecular complexity index is 887. The molecule has 29 heavy (non-hydrogen) atoms. The molecule has 1 aliphatic rings. The van der Waals surface area contributed by atoms with E-state index in [-0.39, 0.29) is 29.0 Å². The average Bonchev–Trinajstić information content (AvgIpc) is 3.44. The molecular formula is C21H20ClF3O3S. The molecule has 1 N–H and O–H groups in total. The predicted octanol–water partition coefficient (Wildman–Crippen LogP) is 6.64. The molecule has 8 heteroatoms. The Balaban J connectivity index is 2.02. The summed E-state index contributed by atoms with van der Waals surface area (Å²) in [6, 6.07) is 10.9. The van der Waals surface area contributed by atoms with Gasteiger partial charge in [-0.3, -0.25) is 4.79 Å². The van der Waals surface area contributed by atoms with Crippen LogP contribution in [0.15, 0.2) is 41.3 Å². The zero-order valence-electron chi connectivity index (χ0n) is 15.6. The number of thioether (sulfide) groups is 1. The molecule has 0 bridgehead atoms. The van der Waals surface area contributed by atoms with Crippen LogP contribution in [0.2, 0.25) is 5.02 Å². The maximum atomic E-state index is 12.8. The van der Waals surface area contributed by atoms with Crippen molar-refractivity contribution in [1.29, 1.82) is 0 Å². The fourth-order valence-electron chi connectivity index (χ4n) is 3.50. The van der Waals surface area contributed by atoms with Crippen molar-refractivity contribution >= 4 is 29.3 Å². The lowest BCUT2D eigenvalue weighted by atomic mass is 9.98. The van der Waals surface area contributed by atoms with Gasteiger partial charge in [-0.05, 0) is 48.1 Å². The minimum Gasteiger partial charge on any atom is -0.482 e. The SMILES string of the molecule is CSc1c(C2CC2CCC(=O)O)cc(-c2ccccc2)c(OCC(F)(F)F)c1Cl. The van der Waals surface area contributed by atoms with Crippen LogP contribution < -0.4 is 4.74 Å². The van der Waals surface area contributed by atoms with Crippen LogP contribution >= 0.6 is 23.4 Å². The highest BCUT2D eigenvalue weighted by Gasteiger charge is 2.41. The number of ether oxygens (including phenoxy) is 1. The number of halogens is 4. The third kappa shape index (κ3) is 5.39. The normalized spacial score (nSPS) is 18.5. The van der Waals surface area contributed by atoms with Gasteiger partial charge in [-0.1, -0.05) is 41.9 Å². The van der Waals surface area contributed by atoms with Gasteiger partial charge in [-0.2, -0.15) is 13.2 Å². The van der Waals surface area contributed by atoms with Crippen molar-refractivity contribution < 1.29 is 27.8 Å². The van der Waals surface area contributed by atoms with Crippen LogP contribution in [-0.4, -0.2) is 30.1 Å². The minimum atomic E-state index is -4.48. The van der Waals surface area contributed by atoms with Crippen LogP contribution in [0, 0.1) is 5.92 Å². The lowest BCUT2D eigenvalue weighted by molar-refractivity contribution is -0.153. The fourth-order valence-corrected chi connectivity index (χ4v) is 4.72. The summed E-state index contributed by atoms with van der Waals surface area (Å²) in [7, 11) is 0. The van der Waals surface area contributed by atoms with E-state index in [1.54, 1.807) is 24.3 Å². The van der Waals surface area contributed by atoms with Crippen LogP contribution in [0.5, 0.6) is 5.75 Å². The van der Waals surface area contributed by atoms with Gasteiger partial charge >= 0.3 is 12.1 Å². The predicted molar refractivity (Wildman–Crippen MR) is 108 cm³/mol. The average molecular weight is 445 g/mol. The van der Waals surface area contributed by atoms with E-state index in [0.29, 0.717) is 22.4 Å². The van der Waals surface area contributed by atoms with Crippen LogP contribution in [0.3, 0.4) is 0 Å². The molecule has 156 valence electrons. The minimum absolute atomic E-state index is 0.0195. The summed E-state index contributed by atoms with van der Waals surface area (Å²) in [5.41, 5.74) is 2.16. The Morgan fingerprint density at radius 1 is 1.31 bits per heavy atom. The topological polar surface area (TPSA) is 46.5 Å². The van der Waals surface area contributed by atoms with Crippen molar-refractivity contribution in [1.82, 2.24) is 0 Å². The van der Waals surface area contributed by atoms with E-state index in [9.17, 15) is 18.0 Å². The van der Waals surface area contributed by atoms with Gasteiger partial charge < -0.3 is 9.84 Å². The second kappa shape index (κ2) is 8.88. The maximum Gasteiger partial charge on any atom is 0.422 e. The summed E-state index contributed by atoms with van der Waals surface area (Å²) in [5, 5.41) is 9.08. The standard InChI is InChI=1S/C21H20ClF3O3S/c1-29-20-16(14-9-13(14)7-8-17(26)27)10-15(12-5-3-2-4-6-12)19(18(20)22)28-11-21(23,24)25/h2-6,10,13-14H,7-9,11H2,1H3,(H,26,27). The van der Waals surface area contributed by atoms with Crippen molar-refractivity contribution in [2.24, 2.45) is 5.92 Å². The van der Waals surface area contributed by atoms with E-state index in [1.807, 2.05) is 18.4 Å². The van der Waals surface area contributed by atoms with Crippen LogP contribution in [0.1, 0.15) is 30.7 Å². The molecule has 1 fully saturated rings. The van der Waals surface area contributed by atoms with Crippen molar-refractivity contribution in [3.05, 3.63) is 47.0 Å². The molecule has 0 spiro atoms. The van der Waals surface area contributed by atoms with Gasteiger partial charge in [0.05, 0.1) is 5.02 Å². The van der Waals surface area contributed by atoms with E-state index in [4.69, 9.17) is 21.4 Å². The van der Waals surface area contributed by atoms with E-state index in [0.717, 1.165) is 12.0 Å². The Morgan fingerprint density at radius 3 is 2.59 bits per heavy atom. The largest absolute Gasteiger partial charge is 0.482 e. The second-order valence-corrected chi connectivity index (χ2v) is 8.19. The molecule has 3 rings (SSSR count). The first-order valence-corrected chi connectivity index (χ1v) is 10.7. The number of aliphatic carboxylic acids is 1. The molecule has 3 nitrogen and oxygen atoms in total. The molecule has 1 saturated carbocycles. The number of alkyl halides is 3. The van der Waals surface area contributed by atoms with E-state index in [2.05, 4.69) is 0 Å². The zero-order valence-corrected chi connectivity index (χ0v) is 17.2. The van der Waals surface area contributed by atoms with E-state index in [1.165, 1.54) is 11.8 Å². The van der Waals surface area contributed by atoms with Crippen LogP contribution in [0.4, 0.5) is 13.2 Å². The quantitative estimate of drug-likeness (QED) is 0.464. The van der Waals surface area contributed by atoms with Crippen molar-refractivity contribution in [3.63, 3.8) is 0 Å². The first kappa shape index (κ1) is 21.8. The van der Waals surface area contributed by atoms with Crippen molar-refractivity contribution in [2.75, 3.05) is 12.9 Å². The van der Waals surface area contributed by atoms with Crippen molar-refractivity contribution in [2.45, 2.75) is 36.3 Å². The zero-order chi connectivity index (χ0) is 21.2. The fraction of sp³-hybridized carbons (Fsp3) is 0.381. The summed E-state index contributed by atoms with van der Waals surface area (Å²) in [6.45, 7) is -1.43. The molecule has 0 aromatic heterocycles. The number of carboxylic acids is 1. The Morgan fingerprint density at radius 2 is 2.00 bits per heavy atom. The number of benzene rings is 2. The summed E-state index contributed by atoms with van der Waals surface area (Å²) in [5.74, 6) is -0.433. The number of carbonyl (C=O) groups is 1. The first-order chi connectivity index (χ1) is 13.7. The summed E-state index contributed by atoms with van der Waals surface area (Å²) in [4.78, 5) is 11.5. The number of rotatable bonds is 8. The van der Waals surface area contributed by atoms with Gasteiger partial charge in [0.25, 0.3) is 0 Å². The van der Waals surface area contributed by atoms with Gasteiger partial charge in [0.1, 0.15) is 5.75 Å².